The van der Waals surface area contributed by atoms with Crippen LogP contribution in [0.4, 0.5) is 4.79 Å². The van der Waals surface area contributed by atoms with Crippen LogP contribution in [0.1, 0.15) is 38.2 Å². The molecule has 0 aliphatic heterocycles. The molecule has 0 bridgehead atoms. The number of hydrogen-bond acceptors (Lipinski definition) is 3. The maximum Gasteiger partial charge on any atom is 0.405 e. The minimum Gasteiger partial charge on any atom is -0.465 e. The van der Waals surface area contributed by atoms with Gasteiger partial charge in [0.1, 0.15) is 6.04 Å². The SMILES string of the molecule is CC(NC(=O)O)C(=O)NC1CCC(Cc2ccccc2Cl)(N(C)C)CC1. The van der Waals surface area contributed by atoms with E-state index in [0.717, 1.165) is 42.7 Å². The second-order valence-electron chi connectivity index (χ2n) is 7.34. The summed E-state index contributed by atoms with van der Waals surface area (Å²) in [5, 5.41) is 14.7. The summed E-state index contributed by atoms with van der Waals surface area (Å²) >= 11 is 6.35. The number of carbonyl (C=O) groups is 2. The summed E-state index contributed by atoms with van der Waals surface area (Å²) in [6.07, 6.45) is 3.27. The normalized spacial score (nSPS) is 24.1. The number of carbonyl (C=O) groups excluding carboxylic acids is 1. The number of amides is 2. The van der Waals surface area contributed by atoms with Crippen molar-refractivity contribution in [3.63, 3.8) is 0 Å². The summed E-state index contributed by atoms with van der Waals surface area (Å²) < 4.78 is 0. The molecular weight excluding hydrogens is 354 g/mol. The molecule has 0 heterocycles. The average Bonchev–Trinajstić information content (AvgIpc) is 2.58. The van der Waals surface area contributed by atoms with Crippen molar-refractivity contribution in [1.29, 1.82) is 0 Å². The summed E-state index contributed by atoms with van der Waals surface area (Å²) in [6.45, 7) is 1.55. The van der Waals surface area contributed by atoms with Crippen molar-refractivity contribution in [2.24, 2.45) is 0 Å². The first kappa shape index (κ1) is 20.5. The lowest BCUT2D eigenvalue weighted by atomic mass is 9.74. The van der Waals surface area contributed by atoms with Gasteiger partial charge in [-0.15, -0.1) is 0 Å². The van der Waals surface area contributed by atoms with Gasteiger partial charge in [0.25, 0.3) is 0 Å². The quantitative estimate of drug-likeness (QED) is 0.707. The van der Waals surface area contributed by atoms with Gasteiger partial charge < -0.3 is 20.6 Å². The largest absolute Gasteiger partial charge is 0.465 e. The van der Waals surface area contributed by atoms with Crippen molar-refractivity contribution in [2.45, 2.75) is 56.7 Å². The predicted molar refractivity (Wildman–Crippen MR) is 103 cm³/mol. The molecule has 6 nitrogen and oxygen atoms in total. The third kappa shape index (κ3) is 5.11. The summed E-state index contributed by atoms with van der Waals surface area (Å²) in [6, 6.07) is 7.25. The molecule has 26 heavy (non-hydrogen) atoms. The average molecular weight is 382 g/mol. The van der Waals surface area contributed by atoms with Crippen molar-refractivity contribution in [3.05, 3.63) is 34.9 Å². The third-order valence-electron chi connectivity index (χ3n) is 5.42. The van der Waals surface area contributed by atoms with Crippen LogP contribution in [0.5, 0.6) is 0 Å². The fraction of sp³-hybridized carbons (Fsp3) is 0.579. The number of carboxylic acid groups (broad SMARTS) is 1. The predicted octanol–water partition coefficient (Wildman–Crippen LogP) is 2.90. The van der Waals surface area contributed by atoms with Gasteiger partial charge in [-0.2, -0.15) is 0 Å². The van der Waals surface area contributed by atoms with Gasteiger partial charge in [-0.1, -0.05) is 29.8 Å². The molecule has 1 fully saturated rings. The van der Waals surface area contributed by atoms with Gasteiger partial charge in [0.15, 0.2) is 0 Å². The molecule has 1 saturated carbocycles. The first-order chi connectivity index (χ1) is 12.2. The molecular formula is C19H28ClN3O3. The molecule has 2 rings (SSSR count). The van der Waals surface area contributed by atoms with E-state index in [1.54, 1.807) is 6.92 Å². The molecule has 0 saturated heterocycles. The van der Waals surface area contributed by atoms with Gasteiger partial charge in [-0.05, 0) is 64.8 Å². The molecule has 1 aromatic rings. The van der Waals surface area contributed by atoms with E-state index in [1.807, 2.05) is 18.2 Å². The lowest BCUT2D eigenvalue weighted by molar-refractivity contribution is -0.123. The third-order valence-corrected chi connectivity index (χ3v) is 5.79. The van der Waals surface area contributed by atoms with E-state index >= 15 is 0 Å². The highest BCUT2D eigenvalue weighted by atomic mass is 35.5. The van der Waals surface area contributed by atoms with Crippen molar-refractivity contribution in [3.8, 4) is 0 Å². The first-order valence-electron chi connectivity index (χ1n) is 8.94. The van der Waals surface area contributed by atoms with Gasteiger partial charge in [-0.3, -0.25) is 4.79 Å². The molecule has 1 aliphatic rings. The van der Waals surface area contributed by atoms with E-state index in [9.17, 15) is 9.59 Å². The molecule has 0 aromatic heterocycles. The Morgan fingerprint density at radius 2 is 1.92 bits per heavy atom. The minimum atomic E-state index is -1.19. The number of benzene rings is 1. The van der Waals surface area contributed by atoms with E-state index in [1.165, 1.54) is 0 Å². The maximum absolute atomic E-state index is 12.1. The Balaban J connectivity index is 1.98. The monoisotopic (exact) mass is 381 g/mol. The van der Waals surface area contributed by atoms with Crippen LogP contribution in [0, 0.1) is 0 Å². The van der Waals surface area contributed by atoms with E-state index in [4.69, 9.17) is 16.7 Å². The zero-order valence-electron chi connectivity index (χ0n) is 15.6. The van der Waals surface area contributed by atoms with Gasteiger partial charge in [-0.25, -0.2) is 4.79 Å². The van der Waals surface area contributed by atoms with Gasteiger partial charge in [0.05, 0.1) is 0 Å². The van der Waals surface area contributed by atoms with Gasteiger partial charge in [0.2, 0.25) is 5.91 Å². The molecule has 0 radical (unpaired) electrons. The Labute approximate surface area is 159 Å². The van der Waals surface area contributed by atoms with Crippen molar-refractivity contribution in [1.82, 2.24) is 15.5 Å². The number of rotatable bonds is 6. The number of likely N-dealkylation sites (N-methyl/N-ethyl adjacent to an activating group) is 1. The first-order valence-corrected chi connectivity index (χ1v) is 9.32. The minimum absolute atomic E-state index is 0.0111. The highest BCUT2D eigenvalue weighted by Crippen LogP contribution is 2.36. The second-order valence-corrected chi connectivity index (χ2v) is 7.75. The Morgan fingerprint density at radius 3 is 2.46 bits per heavy atom. The van der Waals surface area contributed by atoms with E-state index in [2.05, 4.69) is 35.7 Å². The fourth-order valence-corrected chi connectivity index (χ4v) is 3.86. The van der Waals surface area contributed by atoms with Crippen LogP contribution in [0.25, 0.3) is 0 Å². The van der Waals surface area contributed by atoms with Crippen LogP contribution in [-0.2, 0) is 11.2 Å². The Bertz CT molecular complexity index is 643. The van der Waals surface area contributed by atoms with Crippen LogP contribution < -0.4 is 10.6 Å². The Kier molecular flexibility index (Phi) is 6.89. The summed E-state index contributed by atoms with van der Waals surface area (Å²) in [5.74, 6) is -0.277. The molecule has 1 atom stereocenters. The number of nitrogens with one attached hydrogen (secondary N) is 2. The molecule has 1 aromatic carbocycles. The lowest BCUT2D eigenvalue weighted by Crippen LogP contribution is -2.54. The van der Waals surface area contributed by atoms with Gasteiger partial charge >= 0.3 is 6.09 Å². The van der Waals surface area contributed by atoms with Crippen molar-refractivity contribution >= 4 is 23.6 Å². The second kappa shape index (κ2) is 8.73. The van der Waals surface area contributed by atoms with Crippen molar-refractivity contribution < 1.29 is 14.7 Å². The summed E-state index contributed by atoms with van der Waals surface area (Å²) in [7, 11) is 4.18. The van der Waals surface area contributed by atoms with E-state index in [-0.39, 0.29) is 17.5 Å². The number of hydrogen-bond donors (Lipinski definition) is 3. The standard InChI is InChI=1S/C19H28ClN3O3/c1-13(21-18(25)26)17(24)22-15-8-10-19(11-9-15,23(2)3)12-14-6-4-5-7-16(14)20/h4-7,13,15,21H,8-12H2,1-3H3,(H,22,24)(H,25,26). The van der Waals surface area contributed by atoms with Crippen LogP contribution in [0.2, 0.25) is 5.02 Å². The fourth-order valence-electron chi connectivity index (χ4n) is 3.65. The molecule has 3 N–H and O–H groups in total. The molecule has 0 spiro atoms. The molecule has 1 unspecified atom stereocenters. The van der Waals surface area contributed by atoms with E-state index < -0.39 is 12.1 Å². The molecule has 7 heteroatoms. The van der Waals surface area contributed by atoms with E-state index in [0.29, 0.717) is 0 Å². The molecule has 2 amide bonds. The Morgan fingerprint density at radius 1 is 1.31 bits per heavy atom. The highest BCUT2D eigenvalue weighted by molar-refractivity contribution is 6.31. The topological polar surface area (TPSA) is 81.7 Å². The zero-order chi connectivity index (χ0) is 19.3. The summed E-state index contributed by atoms with van der Waals surface area (Å²) in [5.41, 5.74) is 1.15. The van der Waals surface area contributed by atoms with Crippen molar-refractivity contribution in [2.75, 3.05) is 14.1 Å². The lowest BCUT2D eigenvalue weighted by Gasteiger charge is -2.45. The van der Waals surface area contributed by atoms with Crippen LogP contribution in [0.3, 0.4) is 0 Å². The Hall–Kier alpha value is -1.79. The zero-order valence-corrected chi connectivity index (χ0v) is 16.3. The van der Waals surface area contributed by atoms with Crippen LogP contribution in [0.15, 0.2) is 24.3 Å². The van der Waals surface area contributed by atoms with Crippen LogP contribution >= 0.6 is 11.6 Å². The maximum atomic E-state index is 12.1. The van der Waals surface area contributed by atoms with Gasteiger partial charge in [0, 0.05) is 16.6 Å². The number of halogens is 1. The molecule has 1 aliphatic carbocycles. The summed E-state index contributed by atoms with van der Waals surface area (Å²) in [4.78, 5) is 25.0. The smallest absolute Gasteiger partial charge is 0.405 e. The highest BCUT2D eigenvalue weighted by Gasteiger charge is 2.38. The van der Waals surface area contributed by atoms with Crippen LogP contribution in [-0.4, -0.2) is 53.7 Å². The molecule has 144 valence electrons. The number of nitrogens with zero attached hydrogens (tertiary/aromatic N) is 1.